The molecule has 0 aliphatic carbocycles. The summed E-state index contributed by atoms with van der Waals surface area (Å²) in [7, 11) is 0. The van der Waals surface area contributed by atoms with Gasteiger partial charge in [-0.2, -0.15) is 0 Å². The average molecular weight is 286 g/mol. The van der Waals surface area contributed by atoms with Gasteiger partial charge in [0.15, 0.2) is 0 Å². The SMILES string of the molecule is CCN(Cc1ccc(N)cc1)C(=O)c1cc(O)ccc1O. The summed E-state index contributed by atoms with van der Waals surface area (Å²) in [6.07, 6.45) is 0. The Morgan fingerprint density at radius 3 is 2.43 bits per heavy atom. The molecule has 2 aromatic rings. The van der Waals surface area contributed by atoms with E-state index in [4.69, 9.17) is 5.73 Å². The van der Waals surface area contributed by atoms with Crippen LogP contribution in [0.5, 0.6) is 11.5 Å². The predicted molar refractivity (Wildman–Crippen MR) is 81.0 cm³/mol. The molecule has 5 nitrogen and oxygen atoms in total. The third-order valence-corrected chi connectivity index (χ3v) is 3.23. The number of nitrogen functional groups attached to an aromatic ring is 1. The molecule has 0 aromatic heterocycles. The molecule has 0 bridgehead atoms. The number of nitrogens with zero attached hydrogens (tertiary/aromatic N) is 1. The first-order valence-electron chi connectivity index (χ1n) is 6.67. The van der Waals surface area contributed by atoms with E-state index in [0.717, 1.165) is 5.56 Å². The Bertz CT molecular complexity index is 638. The van der Waals surface area contributed by atoms with E-state index in [-0.39, 0.29) is 23.0 Å². The summed E-state index contributed by atoms with van der Waals surface area (Å²) < 4.78 is 0. The van der Waals surface area contributed by atoms with Gasteiger partial charge in [-0.3, -0.25) is 4.79 Å². The molecular weight excluding hydrogens is 268 g/mol. The van der Waals surface area contributed by atoms with Crippen molar-refractivity contribution in [3.63, 3.8) is 0 Å². The van der Waals surface area contributed by atoms with Gasteiger partial charge in [0.1, 0.15) is 11.5 Å². The van der Waals surface area contributed by atoms with Gasteiger partial charge < -0.3 is 20.8 Å². The fourth-order valence-corrected chi connectivity index (χ4v) is 2.04. The van der Waals surface area contributed by atoms with E-state index in [2.05, 4.69) is 0 Å². The lowest BCUT2D eigenvalue weighted by Crippen LogP contribution is -2.30. The maximum Gasteiger partial charge on any atom is 0.258 e. The Balaban J connectivity index is 2.22. The van der Waals surface area contributed by atoms with Crippen LogP contribution < -0.4 is 5.73 Å². The van der Waals surface area contributed by atoms with Gasteiger partial charge in [0.25, 0.3) is 5.91 Å². The third kappa shape index (κ3) is 3.45. The van der Waals surface area contributed by atoms with E-state index in [1.165, 1.54) is 18.2 Å². The number of carbonyl (C=O) groups is 1. The molecule has 21 heavy (non-hydrogen) atoms. The average Bonchev–Trinajstić information content (AvgIpc) is 2.48. The fraction of sp³-hybridized carbons (Fsp3) is 0.188. The number of anilines is 1. The minimum Gasteiger partial charge on any atom is -0.508 e. The monoisotopic (exact) mass is 286 g/mol. The number of hydrogen-bond acceptors (Lipinski definition) is 4. The largest absolute Gasteiger partial charge is 0.508 e. The van der Waals surface area contributed by atoms with Gasteiger partial charge in [-0.1, -0.05) is 12.1 Å². The van der Waals surface area contributed by atoms with Crippen LogP contribution in [0.2, 0.25) is 0 Å². The summed E-state index contributed by atoms with van der Waals surface area (Å²) in [5, 5.41) is 19.2. The van der Waals surface area contributed by atoms with E-state index in [9.17, 15) is 15.0 Å². The lowest BCUT2D eigenvalue weighted by Gasteiger charge is -2.21. The Labute approximate surface area is 123 Å². The molecule has 0 saturated heterocycles. The molecule has 0 unspecified atom stereocenters. The highest BCUT2D eigenvalue weighted by molar-refractivity contribution is 5.97. The fourth-order valence-electron chi connectivity index (χ4n) is 2.04. The second kappa shape index (κ2) is 6.17. The van der Waals surface area contributed by atoms with Crippen molar-refractivity contribution in [2.45, 2.75) is 13.5 Å². The number of benzene rings is 2. The number of hydrogen-bond donors (Lipinski definition) is 3. The molecule has 4 N–H and O–H groups in total. The van der Waals surface area contributed by atoms with Crippen molar-refractivity contribution < 1.29 is 15.0 Å². The van der Waals surface area contributed by atoms with Crippen LogP contribution in [0, 0.1) is 0 Å². The highest BCUT2D eigenvalue weighted by atomic mass is 16.3. The zero-order chi connectivity index (χ0) is 15.4. The van der Waals surface area contributed by atoms with E-state index in [1.54, 1.807) is 17.0 Å². The van der Waals surface area contributed by atoms with Gasteiger partial charge in [-0.05, 0) is 42.8 Å². The van der Waals surface area contributed by atoms with Crippen LogP contribution in [0.4, 0.5) is 5.69 Å². The lowest BCUT2D eigenvalue weighted by molar-refractivity contribution is 0.0749. The molecule has 0 atom stereocenters. The molecule has 0 heterocycles. The molecule has 5 heteroatoms. The minimum absolute atomic E-state index is 0.0558. The zero-order valence-corrected chi connectivity index (χ0v) is 11.8. The first kappa shape index (κ1) is 14.7. The maximum absolute atomic E-state index is 12.5. The number of aromatic hydroxyl groups is 2. The van der Waals surface area contributed by atoms with Gasteiger partial charge in [-0.15, -0.1) is 0 Å². The summed E-state index contributed by atoms with van der Waals surface area (Å²) in [6, 6.07) is 11.2. The van der Waals surface area contributed by atoms with Crippen LogP contribution in [-0.4, -0.2) is 27.6 Å². The molecule has 0 radical (unpaired) electrons. The van der Waals surface area contributed by atoms with Crippen LogP contribution in [0.3, 0.4) is 0 Å². The van der Waals surface area contributed by atoms with Crippen LogP contribution in [0.1, 0.15) is 22.8 Å². The quantitative estimate of drug-likeness (QED) is 0.594. The van der Waals surface area contributed by atoms with Crippen molar-refractivity contribution >= 4 is 11.6 Å². The number of amides is 1. The molecule has 0 saturated carbocycles. The Kier molecular flexibility index (Phi) is 4.33. The smallest absolute Gasteiger partial charge is 0.258 e. The number of nitrogens with two attached hydrogens (primary N) is 1. The normalized spacial score (nSPS) is 10.3. The van der Waals surface area contributed by atoms with Crippen LogP contribution >= 0.6 is 0 Å². The van der Waals surface area contributed by atoms with E-state index >= 15 is 0 Å². The second-order valence-electron chi connectivity index (χ2n) is 4.76. The van der Waals surface area contributed by atoms with E-state index in [0.29, 0.717) is 18.8 Å². The third-order valence-electron chi connectivity index (χ3n) is 3.23. The highest BCUT2D eigenvalue weighted by Gasteiger charge is 2.18. The number of rotatable bonds is 4. The van der Waals surface area contributed by atoms with Crippen molar-refractivity contribution in [3.05, 3.63) is 53.6 Å². The summed E-state index contributed by atoms with van der Waals surface area (Å²) in [6.45, 7) is 2.75. The Morgan fingerprint density at radius 1 is 1.14 bits per heavy atom. The summed E-state index contributed by atoms with van der Waals surface area (Å²) in [5.74, 6) is -0.532. The second-order valence-corrected chi connectivity index (χ2v) is 4.76. The predicted octanol–water partition coefficient (Wildman–Crippen LogP) is 2.34. The minimum atomic E-state index is -0.331. The van der Waals surface area contributed by atoms with Crippen molar-refractivity contribution in [2.24, 2.45) is 0 Å². The van der Waals surface area contributed by atoms with Gasteiger partial charge in [0.05, 0.1) is 5.56 Å². The van der Waals surface area contributed by atoms with Gasteiger partial charge in [-0.25, -0.2) is 0 Å². The number of phenols is 2. The molecule has 0 fully saturated rings. The van der Waals surface area contributed by atoms with Crippen LogP contribution in [0.15, 0.2) is 42.5 Å². The number of phenolic OH excluding ortho intramolecular Hbond substituents is 2. The topological polar surface area (TPSA) is 86.8 Å². The first-order chi connectivity index (χ1) is 10.0. The summed E-state index contributed by atoms with van der Waals surface area (Å²) >= 11 is 0. The van der Waals surface area contributed by atoms with Crippen molar-refractivity contribution in [2.75, 3.05) is 12.3 Å². The molecule has 2 aromatic carbocycles. The zero-order valence-electron chi connectivity index (χ0n) is 11.8. The summed E-state index contributed by atoms with van der Waals surface area (Å²) in [4.78, 5) is 14.0. The standard InChI is InChI=1S/C16H18N2O3/c1-2-18(10-11-3-5-12(17)6-4-11)16(21)14-9-13(19)7-8-15(14)20/h3-9,19-20H,2,10,17H2,1H3. The molecule has 0 aliphatic heterocycles. The molecule has 1 amide bonds. The Morgan fingerprint density at radius 2 is 1.81 bits per heavy atom. The van der Waals surface area contributed by atoms with Gasteiger partial charge >= 0.3 is 0 Å². The molecule has 2 rings (SSSR count). The highest BCUT2D eigenvalue weighted by Crippen LogP contribution is 2.24. The Hall–Kier alpha value is -2.69. The van der Waals surface area contributed by atoms with Crippen molar-refractivity contribution in [3.8, 4) is 11.5 Å². The van der Waals surface area contributed by atoms with Crippen LogP contribution in [-0.2, 0) is 6.54 Å². The molecule has 110 valence electrons. The van der Waals surface area contributed by atoms with Gasteiger partial charge in [0.2, 0.25) is 0 Å². The molecule has 0 aliphatic rings. The maximum atomic E-state index is 12.5. The molecule has 0 spiro atoms. The van der Waals surface area contributed by atoms with Gasteiger partial charge in [0, 0.05) is 18.8 Å². The van der Waals surface area contributed by atoms with Crippen LogP contribution in [0.25, 0.3) is 0 Å². The molecular formula is C16H18N2O3. The van der Waals surface area contributed by atoms with E-state index < -0.39 is 0 Å². The van der Waals surface area contributed by atoms with E-state index in [1.807, 2.05) is 19.1 Å². The number of carbonyl (C=O) groups excluding carboxylic acids is 1. The van der Waals surface area contributed by atoms with Crippen molar-refractivity contribution in [1.29, 1.82) is 0 Å². The summed E-state index contributed by atoms with van der Waals surface area (Å²) in [5.41, 5.74) is 7.34. The first-order valence-corrected chi connectivity index (χ1v) is 6.67. The van der Waals surface area contributed by atoms with Crippen molar-refractivity contribution in [1.82, 2.24) is 4.90 Å². The lowest BCUT2D eigenvalue weighted by atomic mass is 10.1.